The van der Waals surface area contributed by atoms with Gasteiger partial charge >= 0.3 is 0 Å². The van der Waals surface area contributed by atoms with Crippen LogP contribution in [0, 0.1) is 12.7 Å². The highest BCUT2D eigenvalue weighted by atomic mass is 32.2. The number of halogens is 1. The van der Waals surface area contributed by atoms with Crippen LogP contribution < -0.4 is 5.32 Å². The number of aliphatic hydroxyl groups excluding tert-OH is 3. The Morgan fingerprint density at radius 3 is 2.89 bits per heavy atom. The maximum atomic E-state index is 14.2. The Labute approximate surface area is 215 Å². The van der Waals surface area contributed by atoms with Crippen LogP contribution in [0.1, 0.15) is 52.0 Å². The quantitative estimate of drug-likeness (QED) is 0.232. The van der Waals surface area contributed by atoms with Crippen molar-refractivity contribution in [3.8, 4) is 0 Å². The molecule has 0 amide bonds. The van der Waals surface area contributed by atoms with Crippen LogP contribution in [-0.4, -0.2) is 83.6 Å². The summed E-state index contributed by atoms with van der Waals surface area (Å²) in [6.45, 7) is 3.52. The summed E-state index contributed by atoms with van der Waals surface area (Å²) in [5, 5.41) is 42.3. The molecule has 2 aromatic heterocycles. The standard InChI is InChI=1S/C24H31FN6O4S/c1-3-8-36-24-27-22(26-16-10-14(16)13-5-4-12(2)15(25)9-13)19-23(28-24)31(30-29-19)17-11-18(35-7-6-32)21(34)20(17)33/h4-5,9,14,16-18,20-21,32-34H,3,6-8,10-11H2,1-2H3,(H,26,27,28)/t14-,16+,17+,18-,20-,21+/m0/s1/i10D2. The predicted molar refractivity (Wildman–Crippen MR) is 133 cm³/mol. The molecule has 4 N–H and O–H groups in total. The van der Waals surface area contributed by atoms with Gasteiger partial charge in [0.25, 0.3) is 0 Å². The van der Waals surface area contributed by atoms with Gasteiger partial charge in [0, 0.05) is 26.9 Å². The van der Waals surface area contributed by atoms with E-state index in [-0.39, 0.29) is 25.5 Å². The summed E-state index contributed by atoms with van der Waals surface area (Å²) in [4.78, 5) is 9.21. The van der Waals surface area contributed by atoms with Gasteiger partial charge in [-0.15, -0.1) is 5.10 Å². The van der Waals surface area contributed by atoms with E-state index in [0.29, 0.717) is 33.3 Å². The number of anilines is 1. The van der Waals surface area contributed by atoms with Gasteiger partial charge in [-0.3, -0.25) is 0 Å². The first-order valence-electron chi connectivity index (χ1n) is 13.0. The monoisotopic (exact) mass is 520 g/mol. The van der Waals surface area contributed by atoms with Crippen LogP contribution in [0.4, 0.5) is 10.2 Å². The summed E-state index contributed by atoms with van der Waals surface area (Å²) in [6.07, 6.45) is -3.58. The van der Waals surface area contributed by atoms with Crippen LogP contribution in [0.5, 0.6) is 0 Å². The van der Waals surface area contributed by atoms with Gasteiger partial charge in [-0.2, -0.15) is 0 Å². The van der Waals surface area contributed by atoms with Crippen molar-refractivity contribution in [2.45, 2.75) is 74.5 Å². The zero-order valence-corrected chi connectivity index (χ0v) is 20.8. The average Bonchev–Trinajstić information content (AvgIpc) is 3.14. The predicted octanol–water partition coefficient (Wildman–Crippen LogP) is 2.18. The molecule has 2 heterocycles. The lowest BCUT2D eigenvalue weighted by Crippen LogP contribution is -2.33. The minimum atomic E-state index is -1.64. The van der Waals surface area contributed by atoms with Crippen LogP contribution in [0.3, 0.4) is 0 Å². The fourth-order valence-electron chi connectivity index (χ4n) is 4.47. The lowest BCUT2D eigenvalue weighted by molar-refractivity contribution is -0.0629. The molecule has 3 aromatic rings. The number of hydrogen-bond donors (Lipinski definition) is 4. The van der Waals surface area contributed by atoms with Gasteiger partial charge in [0.15, 0.2) is 22.1 Å². The van der Waals surface area contributed by atoms with Crippen LogP contribution in [0.2, 0.25) is 0 Å². The van der Waals surface area contributed by atoms with Gasteiger partial charge in [-0.05, 0) is 36.9 Å². The molecule has 10 nitrogen and oxygen atoms in total. The van der Waals surface area contributed by atoms with E-state index in [2.05, 4.69) is 25.6 Å². The second kappa shape index (κ2) is 10.5. The second-order valence-corrected chi connectivity index (χ2v) is 10.2. The van der Waals surface area contributed by atoms with Gasteiger partial charge in [0.2, 0.25) is 0 Å². The maximum Gasteiger partial charge on any atom is 0.191 e. The normalized spacial score (nSPS) is 29.8. The van der Waals surface area contributed by atoms with Crippen molar-refractivity contribution in [1.82, 2.24) is 25.0 Å². The third-order valence-electron chi connectivity index (χ3n) is 6.51. The Morgan fingerprint density at radius 1 is 1.31 bits per heavy atom. The maximum absolute atomic E-state index is 14.2. The molecule has 0 saturated heterocycles. The van der Waals surface area contributed by atoms with Crippen molar-refractivity contribution in [2.24, 2.45) is 0 Å². The number of nitrogens with one attached hydrogen (secondary N) is 1. The molecule has 6 atom stereocenters. The van der Waals surface area contributed by atoms with Crippen LogP contribution >= 0.6 is 11.8 Å². The number of fused-ring (bicyclic) bond motifs is 1. The summed E-state index contributed by atoms with van der Waals surface area (Å²) in [5.74, 6) is 0.0860. The molecule has 1 aromatic carbocycles. The minimum absolute atomic E-state index is 0.0305. The molecule has 0 spiro atoms. The van der Waals surface area contributed by atoms with E-state index >= 15 is 0 Å². The number of aromatic nitrogens is 5. The van der Waals surface area contributed by atoms with Gasteiger partial charge < -0.3 is 25.4 Å². The number of ether oxygens (including phenoxy) is 1. The van der Waals surface area contributed by atoms with Crippen LogP contribution in [0.25, 0.3) is 11.2 Å². The molecular weight excluding hydrogens is 487 g/mol. The number of rotatable bonds is 10. The number of thioether (sulfide) groups is 1. The Hall–Kier alpha value is -2.38. The Balaban J connectivity index is 1.48. The molecule has 5 rings (SSSR count). The smallest absolute Gasteiger partial charge is 0.191 e. The van der Waals surface area contributed by atoms with Crippen molar-refractivity contribution in [2.75, 3.05) is 24.3 Å². The highest BCUT2D eigenvalue weighted by molar-refractivity contribution is 7.99. The molecule has 2 fully saturated rings. The highest BCUT2D eigenvalue weighted by Gasteiger charge is 2.45. The Kier molecular flexibility index (Phi) is 6.67. The highest BCUT2D eigenvalue weighted by Crippen LogP contribution is 2.44. The second-order valence-electron chi connectivity index (χ2n) is 9.10. The van der Waals surface area contributed by atoms with E-state index in [1.807, 2.05) is 6.92 Å². The molecule has 2 saturated carbocycles. The topological polar surface area (TPSA) is 138 Å². The van der Waals surface area contributed by atoms with Crippen LogP contribution in [-0.2, 0) is 4.74 Å². The van der Waals surface area contributed by atoms with Crippen LogP contribution in [0.15, 0.2) is 23.4 Å². The first-order chi connectivity index (χ1) is 18.2. The Bertz CT molecular complexity index is 1320. The fourth-order valence-corrected chi connectivity index (χ4v) is 5.17. The number of nitrogens with zero attached hydrogens (tertiary/aromatic N) is 5. The van der Waals surface area contributed by atoms with Crippen molar-refractivity contribution >= 4 is 28.7 Å². The molecule has 0 radical (unpaired) electrons. The van der Waals surface area contributed by atoms with Gasteiger partial charge in [-0.25, -0.2) is 19.0 Å². The fraction of sp³-hybridized carbons (Fsp3) is 0.583. The van der Waals surface area contributed by atoms with E-state index in [1.54, 1.807) is 19.1 Å². The molecule has 0 unspecified atom stereocenters. The molecule has 2 aliphatic carbocycles. The van der Waals surface area contributed by atoms with Gasteiger partial charge in [0.1, 0.15) is 18.0 Å². The largest absolute Gasteiger partial charge is 0.394 e. The lowest BCUT2D eigenvalue weighted by atomic mass is 10.1. The summed E-state index contributed by atoms with van der Waals surface area (Å²) < 4.78 is 38.2. The van der Waals surface area contributed by atoms with E-state index in [1.165, 1.54) is 22.5 Å². The number of aryl methyl sites for hydroxylation is 1. The van der Waals surface area contributed by atoms with E-state index in [0.717, 1.165) is 12.2 Å². The van der Waals surface area contributed by atoms with Crippen molar-refractivity contribution in [1.29, 1.82) is 0 Å². The summed E-state index contributed by atoms with van der Waals surface area (Å²) in [6, 6.07) is 3.39. The van der Waals surface area contributed by atoms with E-state index in [9.17, 15) is 14.6 Å². The summed E-state index contributed by atoms with van der Waals surface area (Å²) in [7, 11) is 0. The molecule has 0 bridgehead atoms. The number of hydrogen-bond acceptors (Lipinski definition) is 10. The molecule has 194 valence electrons. The van der Waals surface area contributed by atoms with Crippen molar-refractivity contribution in [3.63, 3.8) is 0 Å². The van der Waals surface area contributed by atoms with E-state index in [4.69, 9.17) is 12.6 Å². The van der Waals surface area contributed by atoms with E-state index < -0.39 is 42.7 Å². The average molecular weight is 521 g/mol. The first kappa shape index (κ1) is 22.8. The molecule has 0 aliphatic heterocycles. The molecule has 12 heteroatoms. The van der Waals surface area contributed by atoms with Crippen molar-refractivity contribution in [3.05, 3.63) is 35.1 Å². The SMILES string of the molecule is [2H]C1([2H])[C@@H](Nc2nc(SCCC)nc3c2nnn3[C@@H]2C[C@H](OCCO)[C@@H](O)[C@H]2O)[C@@H]1c1ccc(C)c(F)c1. The lowest BCUT2D eigenvalue weighted by Gasteiger charge is -2.17. The molecular formula is C24H31FN6O4S. The first-order valence-corrected chi connectivity index (χ1v) is 13.0. The van der Waals surface area contributed by atoms with Gasteiger partial charge in [-0.1, -0.05) is 36.0 Å². The zero-order valence-electron chi connectivity index (χ0n) is 22.0. The third kappa shape index (κ3) is 4.92. The minimum Gasteiger partial charge on any atom is -0.394 e. The van der Waals surface area contributed by atoms with Gasteiger partial charge in [0.05, 0.1) is 25.4 Å². The number of benzene rings is 1. The summed E-state index contributed by atoms with van der Waals surface area (Å²) in [5.41, 5.74) is 1.68. The number of aliphatic hydroxyl groups is 3. The zero-order chi connectivity index (χ0) is 27.2. The molecule has 2 aliphatic rings. The Morgan fingerprint density at radius 2 is 2.14 bits per heavy atom. The summed E-state index contributed by atoms with van der Waals surface area (Å²) >= 11 is 1.43. The van der Waals surface area contributed by atoms with Crippen molar-refractivity contribution < 1.29 is 27.2 Å². The molecule has 36 heavy (non-hydrogen) atoms. The third-order valence-corrected chi connectivity index (χ3v) is 7.56.